The fourth-order valence-electron chi connectivity index (χ4n) is 7.64. The summed E-state index contributed by atoms with van der Waals surface area (Å²) < 4.78 is 0. The van der Waals surface area contributed by atoms with Crippen LogP contribution in [0.15, 0.2) is 97.1 Å². The summed E-state index contributed by atoms with van der Waals surface area (Å²) in [6.07, 6.45) is 3.50. The molecule has 12 heteroatoms. The fraction of sp³-hybridized carbons (Fsp3) is 0.273. The van der Waals surface area contributed by atoms with Gasteiger partial charge in [-0.1, -0.05) is 24.3 Å². The molecule has 0 unspecified atom stereocenters. The molecule has 6 N–H and O–H groups in total. The van der Waals surface area contributed by atoms with Crippen LogP contribution in [0.1, 0.15) is 54.9 Å². The molecule has 0 saturated carbocycles. The van der Waals surface area contributed by atoms with Crippen molar-refractivity contribution in [2.45, 2.75) is 38.5 Å². The standard InChI is InChI=1S/C44H44N10O2/c45-13-15-47-43(55)29-23-35-21-27-17-31-5-1-9-37(49-31)38-10-2-6-32(50-38)19-28(20-34-8-4-12-40(52-34)39-11-3-7-33(18-27)51-39)22-36-24-30(44(56)48-16-14-46)26-42(54-36)41(25-29)53-35/h1-12,23-28H,13-22,45-46H2,(H,47,55)(H,48,56)/t27-,28+. The Morgan fingerprint density at radius 3 is 1.07 bits per heavy atom. The molecule has 6 aromatic rings. The van der Waals surface area contributed by atoms with E-state index in [2.05, 4.69) is 34.9 Å². The largest absolute Gasteiger partial charge is 0.351 e. The smallest absolute Gasteiger partial charge is 0.251 e. The summed E-state index contributed by atoms with van der Waals surface area (Å²) in [7, 11) is 0. The maximum atomic E-state index is 13.6. The van der Waals surface area contributed by atoms with Crippen molar-refractivity contribution in [1.82, 2.24) is 40.5 Å². The Hall–Kier alpha value is -6.24. The van der Waals surface area contributed by atoms with Crippen molar-refractivity contribution in [3.8, 4) is 34.2 Å². The van der Waals surface area contributed by atoms with Crippen molar-refractivity contribution in [2.24, 2.45) is 23.3 Å². The van der Waals surface area contributed by atoms with Crippen molar-refractivity contribution in [3.63, 3.8) is 0 Å². The van der Waals surface area contributed by atoms with E-state index in [1.165, 1.54) is 0 Å². The molecule has 9 rings (SSSR count). The second-order valence-electron chi connectivity index (χ2n) is 14.6. The maximum Gasteiger partial charge on any atom is 0.251 e. The number of pyridine rings is 6. The molecule has 2 amide bonds. The van der Waals surface area contributed by atoms with Crippen LogP contribution in [0.3, 0.4) is 0 Å². The van der Waals surface area contributed by atoms with E-state index in [9.17, 15) is 9.59 Å². The van der Waals surface area contributed by atoms with Gasteiger partial charge in [0.05, 0.1) is 34.2 Å². The Kier molecular flexibility index (Phi) is 10.9. The topological polar surface area (TPSA) is 188 Å². The van der Waals surface area contributed by atoms with Crippen LogP contribution in [0.2, 0.25) is 0 Å². The molecule has 0 aliphatic carbocycles. The summed E-state index contributed by atoms with van der Waals surface area (Å²) >= 11 is 0. The second-order valence-corrected chi connectivity index (χ2v) is 14.6. The molecule has 12 nitrogen and oxygen atoms in total. The molecule has 0 spiro atoms. The summed E-state index contributed by atoms with van der Waals surface area (Å²) in [5.41, 5.74) is 21.7. The summed E-state index contributed by atoms with van der Waals surface area (Å²) in [5, 5.41) is 5.84. The van der Waals surface area contributed by atoms with Crippen molar-refractivity contribution in [1.29, 1.82) is 0 Å². The third-order valence-corrected chi connectivity index (χ3v) is 10.1. The molecule has 0 aromatic carbocycles. The second kappa shape index (κ2) is 16.6. The van der Waals surface area contributed by atoms with Crippen LogP contribution in [0.4, 0.5) is 0 Å². The summed E-state index contributed by atoms with van der Waals surface area (Å²) in [4.78, 5) is 58.0. The highest BCUT2D eigenvalue weighted by molar-refractivity contribution is 5.96. The maximum absolute atomic E-state index is 13.6. The third kappa shape index (κ3) is 8.67. The van der Waals surface area contributed by atoms with Gasteiger partial charge >= 0.3 is 0 Å². The zero-order valence-corrected chi connectivity index (χ0v) is 31.1. The number of carbonyl (C=O) groups excluding carboxylic acids is 2. The van der Waals surface area contributed by atoms with E-state index in [4.69, 9.17) is 41.4 Å². The van der Waals surface area contributed by atoms with Crippen LogP contribution < -0.4 is 22.1 Å². The van der Waals surface area contributed by atoms with E-state index in [0.717, 1.165) is 45.6 Å². The lowest BCUT2D eigenvalue weighted by atomic mass is 9.90. The van der Waals surface area contributed by atoms with Crippen LogP contribution in [0.25, 0.3) is 34.2 Å². The van der Waals surface area contributed by atoms with E-state index in [-0.39, 0.29) is 23.7 Å². The molecule has 3 aliphatic rings. The van der Waals surface area contributed by atoms with Gasteiger partial charge in [-0.3, -0.25) is 39.5 Å². The van der Waals surface area contributed by atoms with Crippen LogP contribution >= 0.6 is 0 Å². The average molecular weight is 745 g/mol. The van der Waals surface area contributed by atoms with Gasteiger partial charge in [-0.15, -0.1) is 0 Å². The van der Waals surface area contributed by atoms with Crippen molar-refractivity contribution in [3.05, 3.63) is 142 Å². The molecule has 0 atom stereocenters. The quantitative estimate of drug-likeness (QED) is 0.191. The van der Waals surface area contributed by atoms with Crippen LogP contribution in [-0.2, 0) is 38.5 Å². The lowest BCUT2D eigenvalue weighted by molar-refractivity contribution is 0.0946. The first-order valence-electron chi connectivity index (χ1n) is 19.2. The van der Waals surface area contributed by atoms with Crippen molar-refractivity contribution in [2.75, 3.05) is 26.2 Å². The zero-order chi connectivity index (χ0) is 38.4. The summed E-state index contributed by atoms with van der Waals surface area (Å²) in [6.45, 7) is 1.27. The van der Waals surface area contributed by atoms with Gasteiger partial charge in [0, 0.05) is 71.5 Å². The van der Waals surface area contributed by atoms with E-state index in [1.54, 1.807) is 12.1 Å². The monoisotopic (exact) mass is 744 g/mol. The van der Waals surface area contributed by atoms with Crippen LogP contribution in [0, 0.1) is 11.8 Å². The lowest BCUT2D eigenvalue weighted by Gasteiger charge is -2.20. The average Bonchev–Trinajstić information content (AvgIpc) is 3.21. The molecule has 56 heavy (non-hydrogen) atoms. The van der Waals surface area contributed by atoms with Gasteiger partial charge in [0.1, 0.15) is 0 Å². The zero-order valence-electron chi connectivity index (χ0n) is 31.1. The van der Waals surface area contributed by atoms with E-state index >= 15 is 0 Å². The van der Waals surface area contributed by atoms with E-state index in [0.29, 0.717) is 98.6 Å². The molecule has 3 aliphatic heterocycles. The number of hydrogen-bond donors (Lipinski definition) is 4. The predicted molar refractivity (Wildman–Crippen MR) is 214 cm³/mol. The van der Waals surface area contributed by atoms with Crippen molar-refractivity contribution >= 4 is 11.8 Å². The SMILES string of the molecule is NCCNC(=O)c1cc2nc(c1)-c1cc(C(=O)NCCN)cc(n1)C[C@H]1Cc3cccc(n3)-c3cccc(n3)C[C@H](Cc3cccc(n3)-c3cccc(n3)C1)C2. The van der Waals surface area contributed by atoms with E-state index in [1.807, 2.05) is 60.7 Å². The van der Waals surface area contributed by atoms with Gasteiger partial charge in [0.25, 0.3) is 11.8 Å². The number of carbonyl (C=O) groups is 2. The Bertz CT molecular complexity index is 2140. The highest BCUT2D eigenvalue weighted by atomic mass is 16.2. The van der Waals surface area contributed by atoms with Crippen LogP contribution in [-0.4, -0.2) is 67.9 Å². The van der Waals surface area contributed by atoms with Crippen LogP contribution in [0.5, 0.6) is 0 Å². The van der Waals surface area contributed by atoms with Gasteiger partial charge < -0.3 is 22.1 Å². The van der Waals surface area contributed by atoms with Gasteiger partial charge in [0.15, 0.2) is 0 Å². The highest BCUT2D eigenvalue weighted by Gasteiger charge is 2.23. The molecule has 0 radical (unpaired) electrons. The van der Waals surface area contributed by atoms with Gasteiger partial charge in [-0.05, 0) is 123 Å². The number of aromatic nitrogens is 6. The van der Waals surface area contributed by atoms with Crippen molar-refractivity contribution < 1.29 is 9.59 Å². The molecular formula is C44H44N10O2. The van der Waals surface area contributed by atoms with Gasteiger partial charge in [-0.25, -0.2) is 0 Å². The molecule has 9 heterocycles. The minimum atomic E-state index is -0.260. The molecule has 282 valence electrons. The Labute approximate surface area is 325 Å². The Morgan fingerprint density at radius 1 is 0.446 bits per heavy atom. The minimum Gasteiger partial charge on any atom is -0.351 e. The Balaban J connectivity index is 1.36. The Morgan fingerprint density at radius 2 is 0.750 bits per heavy atom. The molecular weight excluding hydrogens is 701 g/mol. The number of hydrogen-bond acceptors (Lipinski definition) is 10. The molecule has 6 aromatic heterocycles. The fourth-order valence-corrected chi connectivity index (χ4v) is 7.64. The summed E-state index contributed by atoms with van der Waals surface area (Å²) in [5.74, 6) is -0.553. The number of rotatable bonds is 6. The third-order valence-electron chi connectivity index (χ3n) is 10.1. The first kappa shape index (κ1) is 36.7. The highest BCUT2D eigenvalue weighted by Crippen LogP contribution is 2.28. The number of nitrogens with zero attached hydrogens (tertiary/aromatic N) is 6. The van der Waals surface area contributed by atoms with Gasteiger partial charge in [-0.2, -0.15) is 0 Å². The molecule has 0 saturated heterocycles. The molecule has 14 bridgehead atoms. The summed E-state index contributed by atoms with van der Waals surface area (Å²) in [6, 6.07) is 31.5. The number of amides is 2. The number of nitrogens with two attached hydrogens (primary N) is 2. The van der Waals surface area contributed by atoms with Gasteiger partial charge in [0.2, 0.25) is 0 Å². The lowest BCUT2D eigenvalue weighted by Crippen LogP contribution is -2.29. The first-order valence-corrected chi connectivity index (χ1v) is 19.2. The normalized spacial score (nSPS) is 16.0. The minimum absolute atomic E-state index is 0.0165. The predicted octanol–water partition coefficient (Wildman–Crippen LogP) is 4.35. The van der Waals surface area contributed by atoms with E-state index < -0.39 is 0 Å². The first-order chi connectivity index (χ1) is 27.4. The molecule has 0 fully saturated rings. The number of nitrogens with one attached hydrogen (secondary N) is 2.